The van der Waals surface area contributed by atoms with Gasteiger partial charge >= 0.3 is 0 Å². The third-order valence-corrected chi connectivity index (χ3v) is 5.98. The Kier molecular flexibility index (Phi) is 4.39. The van der Waals surface area contributed by atoms with E-state index < -0.39 is 0 Å². The Balaban J connectivity index is 1.34. The molecule has 1 aromatic carbocycles. The quantitative estimate of drug-likeness (QED) is 0.702. The molecule has 7 heteroatoms. The van der Waals surface area contributed by atoms with E-state index >= 15 is 0 Å². The van der Waals surface area contributed by atoms with Crippen LogP contribution in [-0.2, 0) is 22.6 Å². The molecule has 28 heavy (non-hydrogen) atoms. The van der Waals surface area contributed by atoms with E-state index in [4.69, 9.17) is 4.74 Å². The third kappa shape index (κ3) is 2.99. The average molecular weight is 379 g/mol. The van der Waals surface area contributed by atoms with E-state index in [1.165, 1.54) is 0 Å². The van der Waals surface area contributed by atoms with Gasteiger partial charge in [0.15, 0.2) is 5.82 Å². The smallest absolute Gasteiger partial charge is 0.242 e. The topological polar surface area (TPSA) is 65.2 Å². The van der Waals surface area contributed by atoms with E-state index in [2.05, 4.69) is 39.9 Å². The van der Waals surface area contributed by atoms with Crippen LogP contribution in [-0.4, -0.2) is 49.9 Å². The number of hydrogen-bond acceptors (Lipinski definition) is 4. The average Bonchev–Trinajstić information content (AvgIpc) is 3.33. The van der Waals surface area contributed by atoms with Gasteiger partial charge in [-0.2, -0.15) is 0 Å². The SMILES string of the molecule is C[C@H]1CN(C(=O)Cn2ccc3ccccc32)Cc2nnc(C3CCOCC3)n21. The maximum absolute atomic E-state index is 13.0. The highest BCUT2D eigenvalue weighted by molar-refractivity contribution is 5.83. The third-order valence-electron chi connectivity index (χ3n) is 5.98. The van der Waals surface area contributed by atoms with Gasteiger partial charge in [0.25, 0.3) is 0 Å². The molecule has 0 N–H and O–H groups in total. The lowest BCUT2D eigenvalue weighted by atomic mass is 9.99. The number of carbonyl (C=O) groups excluding carboxylic acids is 1. The van der Waals surface area contributed by atoms with Crippen molar-refractivity contribution >= 4 is 16.8 Å². The zero-order chi connectivity index (χ0) is 19.1. The fourth-order valence-electron chi connectivity index (χ4n) is 4.51. The summed E-state index contributed by atoms with van der Waals surface area (Å²) in [6.07, 6.45) is 3.98. The molecule has 146 valence electrons. The number of benzene rings is 1. The number of carbonyl (C=O) groups is 1. The van der Waals surface area contributed by atoms with Crippen molar-refractivity contribution in [1.82, 2.24) is 24.2 Å². The number of ether oxygens (including phenoxy) is 1. The van der Waals surface area contributed by atoms with Crippen LogP contribution in [0, 0.1) is 0 Å². The standard InChI is InChI=1S/C21H25N5O2/c1-15-12-25(20(27)14-24-9-6-16-4-2-3-5-18(16)24)13-19-22-23-21(26(15)19)17-7-10-28-11-8-17/h2-6,9,15,17H,7-8,10-14H2,1H3/t15-/m0/s1. The second kappa shape index (κ2) is 7.05. The van der Waals surface area contributed by atoms with Crippen molar-refractivity contribution in [1.29, 1.82) is 0 Å². The highest BCUT2D eigenvalue weighted by Gasteiger charge is 2.32. The first-order valence-electron chi connectivity index (χ1n) is 10.0. The predicted octanol–water partition coefficient (Wildman–Crippen LogP) is 2.73. The number of hydrogen-bond donors (Lipinski definition) is 0. The summed E-state index contributed by atoms with van der Waals surface area (Å²) in [5, 5.41) is 10.1. The maximum Gasteiger partial charge on any atom is 0.242 e. The molecule has 7 nitrogen and oxygen atoms in total. The number of amides is 1. The summed E-state index contributed by atoms with van der Waals surface area (Å²) >= 11 is 0. The Morgan fingerprint density at radius 2 is 2.00 bits per heavy atom. The van der Waals surface area contributed by atoms with Gasteiger partial charge in [-0.05, 0) is 37.3 Å². The largest absolute Gasteiger partial charge is 0.381 e. The zero-order valence-electron chi connectivity index (χ0n) is 16.1. The molecule has 2 aliphatic heterocycles. The van der Waals surface area contributed by atoms with Crippen molar-refractivity contribution in [2.24, 2.45) is 0 Å². The summed E-state index contributed by atoms with van der Waals surface area (Å²) in [6, 6.07) is 10.4. The molecule has 3 aromatic rings. The van der Waals surface area contributed by atoms with Crippen LogP contribution in [0.15, 0.2) is 36.5 Å². The molecule has 0 unspecified atom stereocenters. The Morgan fingerprint density at radius 1 is 1.18 bits per heavy atom. The maximum atomic E-state index is 13.0. The van der Waals surface area contributed by atoms with Gasteiger partial charge in [0, 0.05) is 37.4 Å². The molecule has 5 rings (SSSR count). The molecule has 2 aliphatic rings. The lowest BCUT2D eigenvalue weighted by molar-refractivity contribution is -0.133. The number of nitrogens with zero attached hydrogens (tertiary/aromatic N) is 5. The van der Waals surface area contributed by atoms with Gasteiger partial charge in [-0.3, -0.25) is 4.79 Å². The lowest BCUT2D eigenvalue weighted by Gasteiger charge is -2.34. The molecule has 0 aliphatic carbocycles. The summed E-state index contributed by atoms with van der Waals surface area (Å²) < 4.78 is 9.76. The molecule has 1 saturated heterocycles. The molecular weight excluding hydrogens is 354 g/mol. The van der Waals surface area contributed by atoms with Crippen molar-refractivity contribution in [3.05, 3.63) is 48.2 Å². The summed E-state index contributed by atoms with van der Waals surface area (Å²) in [7, 11) is 0. The molecule has 0 saturated carbocycles. The van der Waals surface area contributed by atoms with Crippen molar-refractivity contribution in [2.75, 3.05) is 19.8 Å². The number of aromatic nitrogens is 4. The predicted molar refractivity (Wildman–Crippen MR) is 105 cm³/mol. The van der Waals surface area contributed by atoms with E-state index in [0.29, 0.717) is 25.6 Å². The minimum absolute atomic E-state index is 0.120. The minimum atomic E-state index is 0.120. The summed E-state index contributed by atoms with van der Waals surface area (Å²) in [5.41, 5.74) is 1.09. The fourth-order valence-corrected chi connectivity index (χ4v) is 4.51. The van der Waals surface area contributed by atoms with Crippen LogP contribution in [0.25, 0.3) is 10.9 Å². The van der Waals surface area contributed by atoms with Gasteiger partial charge in [0.05, 0.1) is 12.6 Å². The Morgan fingerprint density at radius 3 is 2.86 bits per heavy atom. The lowest BCUT2D eigenvalue weighted by Crippen LogP contribution is -2.42. The Bertz CT molecular complexity index is 1000. The molecule has 1 atom stereocenters. The first kappa shape index (κ1) is 17.4. The molecule has 1 amide bonds. The summed E-state index contributed by atoms with van der Waals surface area (Å²) in [6.45, 7) is 5.30. The van der Waals surface area contributed by atoms with Crippen LogP contribution in [0.1, 0.15) is 43.4 Å². The van der Waals surface area contributed by atoms with Crippen molar-refractivity contribution in [3.8, 4) is 0 Å². The second-order valence-electron chi connectivity index (χ2n) is 7.86. The zero-order valence-corrected chi connectivity index (χ0v) is 16.1. The normalized spacial score (nSPS) is 20.5. The molecule has 1 fully saturated rings. The van der Waals surface area contributed by atoms with Gasteiger partial charge in [-0.15, -0.1) is 10.2 Å². The van der Waals surface area contributed by atoms with Crippen LogP contribution in [0.5, 0.6) is 0 Å². The van der Waals surface area contributed by atoms with E-state index in [9.17, 15) is 4.79 Å². The first-order valence-corrected chi connectivity index (χ1v) is 10.0. The van der Waals surface area contributed by atoms with Crippen LogP contribution in [0.4, 0.5) is 0 Å². The number of rotatable bonds is 3. The van der Waals surface area contributed by atoms with Crippen molar-refractivity contribution in [2.45, 2.75) is 44.8 Å². The Hall–Kier alpha value is -2.67. The van der Waals surface area contributed by atoms with Gasteiger partial charge in [-0.1, -0.05) is 18.2 Å². The van der Waals surface area contributed by atoms with Gasteiger partial charge in [-0.25, -0.2) is 0 Å². The van der Waals surface area contributed by atoms with Crippen LogP contribution in [0.2, 0.25) is 0 Å². The molecule has 4 heterocycles. The van der Waals surface area contributed by atoms with E-state index in [1.54, 1.807) is 0 Å². The van der Waals surface area contributed by atoms with E-state index in [1.807, 2.05) is 27.8 Å². The van der Waals surface area contributed by atoms with Crippen molar-refractivity contribution in [3.63, 3.8) is 0 Å². The highest BCUT2D eigenvalue weighted by atomic mass is 16.5. The van der Waals surface area contributed by atoms with Crippen LogP contribution < -0.4 is 0 Å². The van der Waals surface area contributed by atoms with Crippen molar-refractivity contribution < 1.29 is 9.53 Å². The molecule has 0 spiro atoms. The molecule has 2 aromatic heterocycles. The number of para-hydroxylation sites is 1. The van der Waals surface area contributed by atoms with Gasteiger partial charge in [0.2, 0.25) is 5.91 Å². The van der Waals surface area contributed by atoms with Gasteiger partial charge < -0.3 is 18.8 Å². The summed E-state index contributed by atoms with van der Waals surface area (Å²) in [5.74, 6) is 2.49. The van der Waals surface area contributed by atoms with E-state index in [0.717, 1.165) is 48.6 Å². The first-order chi connectivity index (χ1) is 13.7. The van der Waals surface area contributed by atoms with Crippen LogP contribution in [0.3, 0.4) is 0 Å². The molecule has 0 radical (unpaired) electrons. The van der Waals surface area contributed by atoms with E-state index in [-0.39, 0.29) is 11.9 Å². The monoisotopic (exact) mass is 379 g/mol. The van der Waals surface area contributed by atoms with Crippen LogP contribution >= 0.6 is 0 Å². The molecule has 0 bridgehead atoms. The Labute approximate surface area is 163 Å². The summed E-state index contributed by atoms with van der Waals surface area (Å²) in [4.78, 5) is 14.9. The fraction of sp³-hybridized carbons (Fsp3) is 0.476. The van der Waals surface area contributed by atoms with Gasteiger partial charge in [0.1, 0.15) is 12.4 Å². The molecular formula is C21H25N5O2. The number of fused-ring (bicyclic) bond motifs is 2. The second-order valence-corrected chi connectivity index (χ2v) is 7.86. The minimum Gasteiger partial charge on any atom is -0.381 e. The highest BCUT2D eigenvalue weighted by Crippen LogP contribution is 2.31.